The number of nitrogens with zero attached hydrogens (tertiary/aromatic N) is 5. The first-order valence-corrected chi connectivity index (χ1v) is 11.2. The van der Waals surface area contributed by atoms with E-state index < -0.39 is 0 Å². The maximum absolute atomic E-state index is 13.2. The van der Waals surface area contributed by atoms with E-state index in [1.165, 1.54) is 4.68 Å². The molecular weight excluding hydrogens is 398 g/mol. The second-order valence-corrected chi connectivity index (χ2v) is 8.64. The Morgan fingerprint density at radius 3 is 2.90 bits per heavy atom. The van der Waals surface area contributed by atoms with Crippen molar-refractivity contribution in [1.82, 2.24) is 24.1 Å². The molecule has 1 aliphatic carbocycles. The van der Waals surface area contributed by atoms with Crippen LogP contribution in [-0.2, 0) is 24.3 Å². The molecule has 4 heterocycles. The molecule has 4 aromatic rings. The van der Waals surface area contributed by atoms with Crippen molar-refractivity contribution >= 4 is 33.0 Å². The van der Waals surface area contributed by atoms with Gasteiger partial charge in [0.15, 0.2) is 0 Å². The lowest BCUT2D eigenvalue weighted by atomic mass is 10.3. The van der Waals surface area contributed by atoms with Crippen molar-refractivity contribution in [3.8, 4) is 0 Å². The molecule has 1 saturated carbocycles. The first-order chi connectivity index (χ1) is 14.7. The van der Waals surface area contributed by atoms with Crippen molar-refractivity contribution in [3.05, 3.63) is 63.8 Å². The molecule has 0 N–H and O–H groups in total. The maximum Gasteiger partial charge on any atom is 0.291 e. The lowest BCUT2D eigenvalue weighted by Gasteiger charge is -2.22. The highest BCUT2D eigenvalue weighted by Gasteiger charge is 2.33. The van der Waals surface area contributed by atoms with Gasteiger partial charge in [0, 0.05) is 24.0 Å². The number of hydrogen-bond donors (Lipinski definition) is 0. The molecule has 0 saturated heterocycles. The van der Waals surface area contributed by atoms with Gasteiger partial charge in [-0.3, -0.25) is 19.0 Å². The molecule has 0 aromatic carbocycles. The Morgan fingerprint density at radius 2 is 2.17 bits per heavy atom. The molecule has 4 aromatic heterocycles. The van der Waals surface area contributed by atoms with Gasteiger partial charge in [0.05, 0.1) is 12.2 Å². The number of pyridine rings is 1. The maximum atomic E-state index is 13.2. The number of fused-ring (bicyclic) bond motifs is 3. The highest BCUT2D eigenvalue weighted by Crippen LogP contribution is 2.28. The topological polar surface area (TPSA) is 72.5 Å². The fourth-order valence-corrected chi connectivity index (χ4v) is 4.80. The summed E-state index contributed by atoms with van der Waals surface area (Å²) in [6.07, 6.45) is 5.38. The molecule has 0 bridgehead atoms. The number of amides is 1. The molecule has 1 fully saturated rings. The second kappa shape index (κ2) is 7.68. The standard InChI is InChI=1S/C22H23N5O2S/c1-2-5-19-24-26(21(29)18-12-15-9-11-30-22(15)27(18)19)14-20(28)25(17-7-8-17)13-16-6-3-4-10-23-16/h3-4,6,9-12,17H,2,5,7-8,13-14H2,1H3. The minimum Gasteiger partial charge on any atom is -0.332 e. The number of carbonyl (C=O) groups is 1. The summed E-state index contributed by atoms with van der Waals surface area (Å²) in [5.74, 6) is 0.734. The van der Waals surface area contributed by atoms with Crippen molar-refractivity contribution in [2.75, 3.05) is 0 Å². The van der Waals surface area contributed by atoms with E-state index >= 15 is 0 Å². The average molecular weight is 422 g/mol. The van der Waals surface area contributed by atoms with Crippen LogP contribution in [0.2, 0.25) is 0 Å². The Kier molecular flexibility index (Phi) is 4.86. The van der Waals surface area contributed by atoms with Gasteiger partial charge in [0.1, 0.15) is 22.7 Å². The Hall–Kier alpha value is -3.00. The lowest BCUT2D eigenvalue weighted by molar-refractivity contribution is -0.133. The Morgan fingerprint density at radius 1 is 1.30 bits per heavy atom. The first-order valence-electron chi connectivity index (χ1n) is 10.3. The number of aromatic nitrogens is 4. The van der Waals surface area contributed by atoms with E-state index in [0.29, 0.717) is 12.1 Å². The molecule has 7 nitrogen and oxygen atoms in total. The van der Waals surface area contributed by atoms with E-state index in [-0.39, 0.29) is 24.1 Å². The molecule has 1 aliphatic rings. The minimum atomic E-state index is -0.222. The Bertz CT molecular complexity index is 1270. The summed E-state index contributed by atoms with van der Waals surface area (Å²) >= 11 is 1.60. The molecule has 8 heteroatoms. The van der Waals surface area contributed by atoms with E-state index in [2.05, 4.69) is 17.0 Å². The minimum absolute atomic E-state index is 0.0474. The molecule has 0 aliphatic heterocycles. The zero-order valence-electron chi connectivity index (χ0n) is 16.8. The highest BCUT2D eigenvalue weighted by atomic mass is 32.1. The van der Waals surface area contributed by atoms with Crippen molar-refractivity contribution in [2.45, 2.75) is 51.7 Å². The zero-order valence-corrected chi connectivity index (χ0v) is 17.6. The summed E-state index contributed by atoms with van der Waals surface area (Å²) in [5.41, 5.74) is 1.22. The summed E-state index contributed by atoms with van der Waals surface area (Å²) in [4.78, 5) is 33.6. The Labute approximate surface area is 177 Å². The fourth-order valence-electron chi connectivity index (χ4n) is 3.88. The second-order valence-electron chi connectivity index (χ2n) is 7.75. The van der Waals surface area contributed by atoms with Gasteiger partial charge in [-0.15, -0.1) is 11.3 Å². The molecule has 0 atom stereocenters. The monoisotopic (exact) mass is 421 g/mol. The number of hydrogen-bond acceptors (Lipinski definition) is 5. The third kappa shape index (κ3) is 3.41. The van der Waals surface area contributed by atoms with E-state index in [1.54, 1.807) is 17.5 Å². The van der Waals surface area contributed by atoms with Crippen LogP contribution in [0, 0.1) is 0 Å². The lowest BCUT2D eigenvalue weighted by Crippen LogP contribution is -2.39. The van der Waals surface area contributed by atoms with Gasteiger partial charge in [-0.05, 0) is 48.9 Å². The first kappa shape index (κ1) is 19.0. The summed E-state index contributed by atoms with van der Waals surface area (Å²) in [6, 6.07) is 9.86. The van der Waals surface area contributed by atoms with Gasteiger partial charge >= 0.3 is 0 Å². The van der Waals surface area contributed by atoms with E-state index in [4.69, 9.17) is 0 Å². The van der Waals surface area contributed by atoms with Gasteiger partial charge in [-0.25, -0.2) is 4.68 Å². The van der Waals surface area contributed by atoms with Crippen LogP contribution in [0.5, 0.6) is 0 Å². The van der Waals surface area contributed by atoms with Crippen LogP contribution in [0.25, 0.3) is 15.7 Å². The van der Waals surface area contributed by atoms with Crippen molar-refractivity contribution in [3.63, 3.8) is 0 Å². The third-order valence-corrected chi connectivity index (χ3v) is 6.40. The normalized spacial score (nSPS) is 13.9. The molecule has 0 radical (unpaired) electrons. The summed E-state index contributed by atoms with van der Waals surface area (Å²) in [5, 5.41) is 7.67. The molecule has 5 rings (SSSR count). The predicted molar refractivity (Wildman–Crippen MR) is 117 cm³/mol. The average Bonchev–Trinajstić information content (AvgIpc) is 3.37. The van der Waals surface area contributed by atoms with Crippen LogP contribution in [0.4, 0.5) is 0 Å². The number of aryl methyl sites for hydroxylation is 1. The van der Waals surface area contributed by atoms with Gasteiger partial charge in [0.25, 0.3) is 5.56 Å². The summed E-state index contributed by atoms with van der Waals surface area (Å²) in [7, 11) is 0. The smallest absolute Gasteiger partial charge is 0.291 e. The quantitative estimate of drug-likeness (QED) is 0.459. The third-order valence-electron chi connectivity index (χ3n) is 5.48. The zero-order chi connectivity index (χ0) is 20.7. The molecule has 0 unspecified atom stereocenters. The highest BCUT2D eigenvalue weighted by molar-refractivity contribution is 7.16. The summed E-state index contributed by atoms with van der Waals surface area (Å²) in [6.45, 7) is 2.50. The Balaban J connectivity index is 1.50. The number of carbonyl (C=O) groups excluding carboxylic acids is 1. The van der Waals surface area contributed by atoms with Crippen LogP contribution in [0.3, 0.4) is 0 Å². The molecule has 1 amide bonds. The molecule has 154 valence electrons. The predicted octanol–water partition coefficient (Wildman–Crippen LogP) is 3.25. The molecule has 0 spiro atoms. The molecule has 30 heavy (non-hydrogen) atoms. The van der Waals surface area contributed by atoms with Crippen LogP contribution < -0.4 is 5.56 Å². The van der Waals surface area contributed by atoms with Gasteiger partial charge in [-0.2, -0.15) is 5.10 Å². The largest absolute Gasteiger partial charge is 0.332 e. The van der Waals surface area contributed by atoms with Gasteiger partial charge in [0.2, 0.25) is 5.91 Å². The van der Waals surface area contributed by atoms with Crippen molar-refractivity contribution in [1.29, 1.82) is 0 Å². The molecular formula is C22H23N5O2S. The van der Waals surface area contributed by atoms with Gasteiger partial charge in [-0.1, -0.05) is 13.0 Å². The van der Waals surface area contributed by atoms with Gasteiger partial charge < -0.3 is 4.90 Å². The van der Waals surface area contributed by atoms with Crippen LogP contribution in [0.15, 0.2) is 46.7 Å². The van der Waals surface area contributed by atoms with Crippen molar-refractivity contribution < 1.29 is 4.79 Å². The fraction of sp³-hybridized carbons (Fsp3) is 0.364. The van der Waals surface area contributed by atoms with Crippen LogP contribution in [0.1, 0.15) is 37.7 Å². The van der Waals surface area contributed by atoms with Crippen LogP contribution in [-0.4, -0.2) is 36.0 Å². The number of rotatable bonds is 7. The van der Waals surface area contributed by atoms with Crippen LogP contribution >= 0.6 is 11.3 Å². The van der Waals surface area contributed by atoms with E-state index in [0.717, 1.165) is 47.4 Å². The number of thiophene rings is 1. The summed E-state index contributed by atoms with van der Waals surface area (Å²) < 4.78 is 3.30. The SMILES string of the molecule is CCCc1nn(CC(=O)N(Cc2ccccn2)C2CC2)c(=O)c2cc3ccsc3n12. The van der Waals surface area contributed by atoms with E-state index in [9.17, 15) is 9.59 Å². The van der Waals surface area contributed by atoms with Crippen molar-refractivity contribution in [2.24, 2.45) is 0 Å². The van der Waals surface area contributed by atoms with E-state index in [1.807, 2.05) is 45.0 Å².